The summed E-state index contributed by atoms with van der Waals surface area (Å²) < 4.78 is 0. The van der Waals surface area contributed by atoms with Crippen molar-refractivity contribution in [3.8, 4) is 0 Å². The number of carbonyl (C=O) groups is 1. The molecule has 3 nitrogen and oxygen atoms in total. The molecule has 3 heteroatoms. The SMILES string of the molecule is O=C1C=CN2C=CC=CC=C2N1. The highest BCUT2D eigenvalue weighted by Crippen LogP contribution is 2.10. The third-order valence-corrected chi connectivity index (χ3v) is 1.64. The van der Waals surface area contributed by atoms with Crippen molar-refractivity contribution in [1.82, 2.24) is 10.2 Å². The molecule has 0 aromatic heterocycles. The van der Waals surface area contributed by atoms with Crippen LogP contribution < -0.4 is 5.32 Å². The van der Waals surface area contributed by atoms with Crippen molar-refractivity contribution in [3.05, 3.63) is 48.6 Å². The summed E-state index contributed by atoms with van der Waals surface area (Å²) in [5.41, 5.74) is 0. The maximum absolute atomic E-state index is 10.9. The van der Waals surface area contributed by atoms with E-state index in [0.29, 0.717) is 0 Å². The van der Waals surface area contributed by atoms with Gasteiger partial charge in [0.05, 0.1) is 0 Å². The van der Waals surface area contributed by atoms with E-state index in [9.17, 15) is 4.79 Å². The molecule has 0 spiro atoms. The van der Waals surface area contributed by atoms with Gasteiger partial charge >= 0.3 is 0 Å². The number of hydrogen-bond donors (Lipinski definition) is 1. The fourth-order valence-corrected chi connectivity index (χ4v) is 1.07. The van der Waals surface area contributed by atoms with E-state index in [1.807, 2.05) is 35.4 Å². The van der Waals surface area contributed by atoms with E-state index in [4.69, 9.17) is 0 Å². The van der Waals surface area contributed by atoms with E-state index in [0.717, 1.165) is 5.82 Å². The van der Waals surface area contributed by atoms with Crippen molar-refractivity contribution in [2.24, 2.45) is 0 Å². The first kappa shape index (κ1) is 6.91. The molecule has 0 aliphatic carbocycles. The molecule has 0 bridgehead atoms. The number of nitrogens with zero attached hydrogens (tertiary/aromatic N) is 1. The van der Waals surface area contributed by atoms with Gasteiger partial charge in [0.2, 0.25) is 0 Å². The highest BCUT2D eigenvalue weighted by atomic mass is 16.1. The molecule has 0 atom stereocenters. The Balaban J connectivity index is 2.36. The van der Waals surface area contributed by atoms with E-state index < -0.39 is 0 Å². The zero-order chi connectivity index (χ0) is 8.39. The predicted molar refractivity (Wildman–Crippen MR) is 45.5 cm³/mol. The summed E-state index contributed by atoms with van der Waals surface area (Å²) in [7, 11) is 0. The molecule has 2 aliphatic heterocycles. The van der Waals surface area contributed by atoms with Gasteiger partial charge in [-0.25, -0.2) is 0 Å². The van der Waals surface area contributed by atoms with Gasteiger partial charge in [0.15, 0.2) is 0 Å². The Kier molecular flexibility index (Phi) is 1.55. The summed E-state index contributed by atoms with van der Waals surface area (Å²) in [6.07, 6.45) is 12.6. The third kappa shape index (κ3) is 1.16. The lowest BCUT2D eigenvalue weighted by atomic mass is 10.4. The van der Waals surface area contributed by atoms with E-state index in [-0.39, 0.29) is 5.91 Å². The van der Waals surface area contributed by atoms with Gasteiger partial charge in [-0.05, 0) is 12.2 Å². The van der Waals surface area contributed by atoms with Crippen LogP contribution in [0.2, 0.25) is 0 Å². The molecule has 60 valence electrons. The van der Waals surface area contributed by atoms with E-state index in [1.165, 1.54) is 6.08 Å². The fourth-order valence-electron chi connectivity index (χ4n) is 1.07. The van der Waals surface area contributed by atoms with Gasteiger partial charge in [-0.1, -0.05) is 12.2 Å². The van der Waals surface area contributed by atoms with Crippen LogP contribution in [0.15, 0.2) is 48.6 Å². The largest absolute Gasteiger partial charge is 0.310 e. The first-order valence-corrected chi connectivity index (χ1v) is 3.69. The average Bonchev–Trinajstić information content (AvgIpc) is 2.28. The molecule has 0 fully saturated rings. The Bertz CT molecular complexity index is 323. The van der Waals surface area contributed by atoms with Crippen LogP contribution in [0.5, 0.6) is 0 Å². The number of allylic oxidation sites excluding steroid dienone is 4. The smallest absolute Gasteiger partial charge is 0.250 e. The number of rotatable bonds is 0. The van der Waals surface area contributed by atoms with Gasteiger partial charge in [0.1, 0.15) is 5.82 Å². The van der Waals surface area contributed by atoms with E-state index in [2.05, 4.69) is 5.32 Å². The van der Waals surface area contributed by atoms with Gasteiger partial charge in [-0.2, -0.15) is 0 Å². The third-order valence-electron chi connectivity index (χ3n) is 1.64. The minimum atomic E-state index is -0.0822. The number of nitrogens with one attached hydrogen (secondary N) is 1. The molecule has 0 aromatic rings. The first-order chi connectivity index (χ1) is 5.86. The Labute approximate surface area is 70.4 Å². The Hall–Kier alpha value is -1.77. The summed E-state index contributed by atoms with van der Waals surface area (Å²) in [4.78, 5) is 12.8. The van der Waals surface area contributed by atoms with Gasteiger partial charge in [0, 0.05) is 18.5 Å². The van der Waals surface area contributed by atoms with Crippen molar-refractivity contribution in [1.29, 1.82) is 0 Å². The quantitative estimate of drug-likeness (QED) is 0.570. The van der Waals surface area contributed by atoms with Crippen molar-refractivity contribution in [2.75, 3.05) is 0 Å². The van der Waals surface area contributed by atoms with Crippen LogP contribution in [0, 0.1) is 0 Å². The molecule has 0 saturated carbocycles. The molecule has 0 aromatic carbocycles. The Morgan fingerprint density at radius 1 is 1.17 bits per heavy atom. The lowest BCUT2D eigenvalue weighted by Crippen LogP contribution is -2.32. The Morgan fingerprint density at radius 2 is 2.08 bits per heavy atom. The molecule has 2 heterocycles. The van der Waals surface area contributed by atoms with Gasteiger partial charge in [0.25, 0.3) is 5.91 Å². The molecular formula is C9H8N2O. The number of fused-ring (bicyclic) bond motifs is 1. The summed E-state index contributed by atoms with van der Waals surface area (Å²) in [6.45, 7) is 0. The van der Waals surface area contributed by atoms with Crippen LogP contribution in [0.3, 0.4) is 0 Å². The van der Waals surface area contributed by atoms with Crippen molar-refractivity contribution in [3.63, 3.8) is 0 Å². The second kappa shape index (κ2) is 2.70. The second-order valence-corrected chi connectivity index (χ2v) is 2.49. The standard InChI is InChI=1S/C9H8N2O/c12-9-5-7-11-6-3-1-2-4-8(11)10-9/h1-7H,(H,10,12). The lowest BCUT2D eigenvalue weighted by Gasteiger charge is -2.22. The molecule has 1 amide bonds. The van der Waals surface area contributed by atoms with Crippen molar-refractivity contribution < 1.29 is 4.79 Å². The van der Waals surface area contributed by atoms with Gasteiger partial charge < -0.3 is 10.2 Å². The van der Waals surface area contributed by atoms with Crippen LogP contribution in [0.4, 0.5) is 0 Å². The number of carbonyl (C=O) groups excluding carboxylic acids is 1. The molecule has 0 unspecified atom stereocenters. The molecule has 0 saturated heterocycles. The fraction of sp³-hybridized carbons (Fsp3) is 0. The highest BCUT2D eigenvalue weighted by Gasteiger charge is 2.11. The van der Waals surface area contributed by atoms with E-state index >= 15 is 0 Å². The minimum absolute atomic E-state index is 0.0822. The average molecular weight is 160 g/mol. The molecule has 2 aliphatic rings. The normalized spacial score (nSPS) is 19.8. The maximum atomic E-state index is 10.9. The monoisotopic (exact) mass is 160 g/mol. The van der Waals surface area contributed by atoms with Crippen molar-refractivity contribution >= 4 is 5.91 Å². The van der Waals surface area contributed by atoms with Gasteiger partial charge in [-0.15, -0.1) is 0 Å². The highest BCUT2D eigenvalue weighted by molar-refractivity contribution is 5.89. The second-order valence-electron chi connectivity index (χ2n) is 2.49. The number of amides is 1. The molecule has 0 radical (unpaired) electrons. The minimum Gasteiger partial charge on any atom is -0.310 e. The lowest BCUT2D eigenvalue weighted by molar-refractivity contribution is -0.116. The van der Waals surface area contributed by atoms with Crippen LogP contribution >= 0.6 is 0 Å². The van der Waals surface area contributed by atoms with E-state index in [1.54, 1.807) is 6.20 Å². The maximum Gasteiger partial charge on any atom is 0.250 e. The Morgan fingerprint density at radius 3 is 3.00 bits per heavy atom. The summed E-state index contributed by atoms with van der Waals surface area (Å²) >= 11 is 0. The topological polar surface area (TPSA) is 32.3 Å². The summed E-state index contributed by atoms with van der Waals surface area (Å²) in [6, 6.07) is 0. The zero-order valence-electron chi connectivity index (χ0n) is 6.40. The summed E-state index contributed by atoms with van der Waals surface area (Å²) in [5.74, 6) is 0.703. The molecular weight excluding hydrogens is 152 g/mol. The van der Waals surface area contributed by atoms with Crippen LogP contribution in [0.25, 0.3) is 0 Å². The predicted octanol–water partition coefficient (Wildman–Crippen LogP) is 0.857. The van der Waals surface area contributed by atoms with Crippen molar-refractivity contribution in [2.45, 2.75) is 0 Å². The number of hydrogen-bond acceptors (Lipinski definition) is 2. The zero-order valence-corrected chi connectivity index (χ0v) is 6.40. The summed E-state index contributed by atoms with van der Waals surface area (Å²) in [5, 5.41) is 2.72. The molecule has 1 N–H and O–H groups in total. The van der Waals surface area contributed by atoms with Crippen LogP contribution in [-0.4, -0.2) is 10.8 Å². The van der Waals surface area contributed by atoms with Crippen LogP contribution in [0.1, 0.15) is 0 Å². The first-order valence-electron chi connectivity index (χ1n) is 3.69. The molecule has 12 heavy (non-hydrogen) atoms. The van der Waals surface area contributed by atoms with Crippen LogP contribution in [-0.2, 0) is 4.79 Å². The molecule has 2 rings (SSSR count). The van der Waals surface area contributed by atoms with Gasteiger partial charge in [-0.3, -0.25) is 4.79 Å².